The van der Waals surface area contributed by atoms with Crippen molar-refractivity contribution in [3.05, 3.63) is 11.6 Å². The average molecular weight is 268 g/mol. The van der Waals surface area contributed by atoms with Gasteiger partial charge >= 0.3 is 0 Å². The summed E-state index contributed by atoms with van der Waals surface area (Å²) in [7, 11) is 0. The van der Waals surface area contributed by atoms with E-state index in [-0.39, 0.29) is 0 Å². The van der Waals surface area contributed by atoms with Gasteiger partial charge in [-0.05, 0) is 86.9 Å². The second kappa shape index (κ2) is 4.94. The Morgan fingerprint density at radius 1 is 1.10 bits per heavy atom. The van der Waals surface area contributed by atoms with E-state index in [4.69, 9.17) is 6.42 Å². The molecule has 0 amide bonds. The zero-order chi connectivity index (χ0) is 13.6. The summed E-state index contributed by atoms with van der Waals surface area (Å²) < 4.78 is 0. The third-order valence-electron chi connectivity index (χ3n) is 7.36. The summed E-state index contributed by atoms with van der Waals surface area (Å²) in [5.41, 5.74) is 2.41. The number of terminal acetylenes is 1. The zero-order valence-electron chi connectivity index (χ0n) is 12.7. The van der Waals surface area contributed by atoms with Crippen molar-refractivity contribution in [2.45, 2.75) is 70.6 Å². The summed E-state index contributed by atoms with van der Waals surface area (Å²) in [5.74, 6) is 7.01. The van der Waals surface area contributed by atoms with Gasteiger partial charge in [-0.2, -0.15) is 0 Å². The Morgan fingerprint density at radius 2 is 2.05 bits per heavy atom. The van der Waals surface area contributed by atoms with Gasteiger partial charge in [-0.1, -0.05) is 18.1 Å². The molecule has 0 aliphatic heterocycles. The van der Waals surface area contributed by atoms with E-state index < -0.39 is 0 Å². The molecule has 0 aromatic heterocycles. The first-order valence-electron chi connectivity index (χ1n) is 8.96. The first-order valence-corrected chi connectivity index (χ1v) is 8.96. The van der Waals surface area contributed by atoms with E-state index in [1.54, 1.807) is 0 Å². The van der Waals surface area contributed by atoms with Crippen LogP contribution in [0.25, 0.3) is 0 Å². The minimum Gasteiger partial charge on any atom is -0.120 e. The van der Waals surface area contributed by atoms with Gasteiger partial charge in [-0.25, -0.2) is 0 Å². The topological polar surface area (TPSA) is 0 Å². The molecule has 0 nitrogen and oxygen atoms in total. The molecule has 0 bridgehead atoms. The quantitative estimate of drug-likeness (QED) is 0.444. The van der Waals surface area contributed by atoms with Gasteiger partial charge in [0, 0.05) is 6.42 Å². The van der Waals surface area contributed by atoms with Crippen LogP contribution in [0.2, 0.25) is 0 Å². The summed E-state index contributed by atoms with van der Waals surface area (Å²) in [6.07, 6.45) is 23.8. The summed E-state index contributed by atoms with van der Waals surface area (Å²) in [4.78, 5) is 0. The summed E-state index contributed by atoms with van der Waals surface area (Å²) in [5, 5.41) is 0. The highest BCUT2D eigenvalue weighted by Crippen LogP contribution is 2.63. The van der Waals surface area contributed by atoms with Crippen molar-refractivity contribution in [3.8, 4) is 12.3 Å². The van der Waals surface area contributed by atoms with Gasteiger partial charge in [0.2, 0.25) is 0 Å². The van der Waals surface area contributed by atoms with E-state index in [2.05, 4.69) is 12.0 Å². The zero-order valence-corrected chi connectivity index (χ0v) is 12.7. The number of hydrogen-bond acceptors (Lipinski definition) is 0. The fraction of sp³-hybridized carbons (Fsp3) is 0.800. The molecule has 5 atom stereocenters. The Morgan fingerprint density at radius 3 is 2.95 bits per heavy atom. The van der Waals surface area contributed by atoms with Crippen molar-refractivity contribution in [3.63, 3.8) is 0 Å². The van der Waals surface area contributed by atoms with Crippen LogP contribution in [0, 0.1) is 41.4 Å². The van der Waals surface area contributed by atoms with Gasteiger partial charge in [0.05, 0.1) is 0 Å². The van der Waals surface area contributed by atoms with Gasteiger partial charge < -0.3 is 0 Å². The van der Waals surface area contributed by atoms with Crippen LogP contribution in [0.15, 0.2) is 11.6 Å². The number of fused-ring (bicyclic) bond motifs is 5. The molecular formula is C20H28. The molecule has 3 saturated carbocycles. The van der Waals surface area contributed by atoms with Gasteiger partial charge in [0.25, 0.3) is 0 Å². The molecule has 0 heterocycles. The molecule has 20 heavy (non-hydrogen) atoms. The molecule has 0 unspecified atom stereocenters. The number of hydrogen-bond donors (Lipinski definition) is 0. The lowest BCUT2D eigenvalue weighted by Gasteiger charge is -2.53. The molecule has 4 aliphatic rings. The first-order chi connectivity index (χ1) is 9.84. The SMILES string of the molecule is C#CC[C@@]12CCC[C@H]1[C@@H]1CCC3=CCCC[C@@H]3[C@H]1CC2. The van der Waals surface area contributed by atoms with E-state index in [0.717, 1.165) is 30.1 Å². The number of allylic oxidation sites excluding steroid dienone is 2. The van der Waals surface area contributed by atoms with Crippen LogP contribution < -0.4 is 0 Å². The van der Waals surface area contributed by atoms with E-state index in [1.807, 2.05) is 5.57 Å². The molecule has 3 fully saturated rings. The standard InChI is InChI=1S/C20H28/c1-2-12-20-13-5-8-19(20)18-10-9-15-6-3-4-7-16(15)17(18)11-14-20/h1,6,16-19H,3-5,7-14H2/t16-,17+,18+,19-,20-/m0/s1. The molecule has 0 spiro atoms. The smallest absolute Gasteiger partial charge is 0.0145 e. The summed E-state index contributed by atoms with van der Waals surface area (Å²) in [6.45, 7) is 0. The van der Waals surface area contributed by atoms with Crippen molar-refractivity contribution in [2.24, 2.45) is 29.1 Å². The second-order valence-electron chi connectivity index (χ2n) is 7.96. The molecule has 0 N–H and O–H groups in total. The lowest BCUT2D eigenvalue weighted by atomic mass is 9.51. The Balaban J connectivity index is 1.62. The van der Waals surface area contributed by atoms with Crippen molar-refractivity contribution in [2.75, 3.05) is 0 Å². The Hall–Kier alpha value is -0.700. The number of rotatable bonds is 1. The maximum atomic E-state index is 5.73. The van der Waals surface area contributed by atoms with Crippen molar-refractivity contribution in [1.29, 1.82) is 0 Å². The summed E-state index contributed by atoms with van der Waals surface area (Å²) in [6, 6.07) is 0. The van der Waals surface area contributed by atoms with Crippen LogP contribution >= 0.6 is 0 Å². The minimum atomic E-state index is 0.561. The predicted octanol–water partition coefficient (Wildman–Crippen LogP) is 5.34. The van der Waals surface area contributed by atoms with Gasteiger partial charge in [-0.3, -0.25) is 0 Å². The lowest BCUT2D eigenvalue weighted by Crippen LogP contribution is -2.45. The second-order valence-corrected chi connectivity index (χ2v) is 7.96. The highest BCUT2D eigenvalue weighted by atomic mass is 14.6. The highest BCUT2D eigenvalue weighted by Gasteiger charge is 2.53. The van der Waals surface area contributed by atoms with E-state index in [1.165, 1.54) is 64.2 Å². The molecule has 0 aromatic carbocycles. The van der Waals surface area contributed by atoms with Crippen molar-refractivity contribution >= 4 is 0 Å². The molecule has 108 valence electrons. The first kappa shape index (κ1) is 13.0. The van der Waals surface area contributed by atoms with Crippen LogP contribution in [-0.4, -0.2) is 0 Å². The Kier molecular flexibility index (Phi) is 3.21. The fourth-order valence-corrected chi connectivity index (χ4v) is 6.61. The maximum absolute atomic E-state index is 5.73. The van der Waals surface area contributed by atoms with Gasteiger partial charge in [0.1, 0.15) is 0 Å². The van der Waals surface area contributed by atoms with Crippen LogP contribution in [0.5, 0.6) is 0 Å². The molecule has 0 aromatic rings. The molecule has 0 saturated heterocycles. The molecular weight excluding hydrogens is 240 g/mol. The van der Waals surface area contributed by atoms with Crippen molar-refractivity contribution < 1.29 is 0 Å². The minimum absolute atomic E-state index is 0.561. The highest BCUT2D eigenvalue weighted by molar-refractivity contribution is 5.18. The van der Waals surface area contributed by atoms with Crippen LogP contribution in [-0.2, 0) is 0 Å². The van der Waals surface area contributed by atoms with E-state index in [9.17, 15) is 0 Å². The predicted molar refractivity (Wildman–Crippen MR) is 84.1 cm³/mol. The fourth-order valence-electron chi connectivity index (χ4n) is 6.61. The van der Waals surface area contributed by atoms with Gasteiger partial charge in [0.15, 0.2) is 0 Å². The van der Waals surface area contributed by atoms with Gasteiger partial charge in [-0.15, -0.1) is 12.3 Å². The molecule has 4 aliphatic carbocycles. The molecule has 0 heteroatoms. The average Bonchev–Trinajstić information content (AvgIpc) is 2.91. The molecule has 0 radical (unpaired) electrons. The van der Waals surface area contributed by atoms with E-state index >= 15 is 0 Å². The van der Waals surface area contributed by atoms with E-state index in [0.29, 0.717) is 5.41 Å². The van der Waals surface area contributed by atoms with Crippen LogP contribution in [0.3, 0.4) is 0 Å². The summed E-state index contributed by atoms with van der Waals surface area (Å²) >= 11 is 0. The maximum Gasteiger partial charge on any atom is 0.0145 e. The third-order valence-corrected chi connectivity index (χ3v) is 7.36. The Bertz CT molecular complexity index is 451. The van der Waals surface area contributed by atoms with Crippen LogP contribution in [0.4, 0.5) is 0 Å². The Labute approximate surface area is 124 Å². The third kappa shape index (κ3) is 1.82. The lowest BCUT2D eigenvalue weighted by molar-refractivity contribution is -0.00889. The monoisotopic (exact) mass is 268 g/mol. The normalized spacial score (nSPS) is 46.6. The largest absolute Gasteiger partial charge is 0.120 e. The molecule has 4 rings (SSSR count). The van der Waals surface area contributed by atoms with Crippen LogP contribution in [0.1, 0.15) is 70.6 Å². The van der Waals surface area contributed by atoms with Crippen molar-refractivity contribution in [1.82, 2.24) is 0 Å².